The van der Waals surface area contributed by atoms with Crippen molar-refractivity contribution in [2.24, 2.45) is 5.92 Å². The summed E-state index contributed by atoms with van der Waals surface area (Å²) in [5.74, 6) is 0.894. The van der Waals surface area contributed by atoms with Gasteiger partial charge in [-0.1, -0.05) is 161 Å². The zero-order valence-corrected chi connectivity index (χ0v) is 20.0. The fraction of sp³-hybridized carbons (Fsp3) is 0.929. The molecule has 0 amide bonds. The van der Waals surface area contributed by atoms with E-state index in [2.05, 4.69) is 13.8 Å². The third-order valence-corrected chi connectivity index (χ3v) is 6.15. The molecule has 28 heavy (non-hydrogen) atoms. The predicted molar refractivity (Wildman–Crippen MR) is 130 cm³/mol. The van der Waals surface area contributed by atoms with E-state index in [1.165, 1.54) is 141 Å². The molecule has 0 aromatic heterocycles. The predicted octanol–water partition coefficient (Wildman–Crippen LogP) is 10.6. The largest absolute Gasteiger partial charge is 0.0845 e. The number of rotatable bonds is 24. The lowest BCUT2D eigenvalue weighted by Gasteiger charge is -2.05. The Balaban J connectivity index is 2.99. The van der Waals surface area contributed by atoms with E-state index in [9.17, 15) is 0 Å². The second kappa shape index (κ2) is 24.8. The highest BCUT2D eigenvalue weighted by Gasteiger charge is 1.96. The van der Waals surface area contributed by atoms with Gasteiger partial charge in [0.25, 0.3) is 0 Å². The first-order valence-corrected chi connectivity index (χ1v) is 13.3. The van der Waals surface area contributed by atoms with Gasteiger partial charge in [0.05, 0.1) is 0 Å². The van der Waals surface area contributed by atoms with E-state index in [0.717, 1.165) is 12.3 Å². The van der Waals surface area contributed by atoms with E-state index in [-0.39, 0.29) is 0 Å². The Kier molecular flexibility index (Phi) is 24.5. The van der Waals surface area contributed by atoms with Crippen molar-refractivity contribution in [3.05, 3.63) is 12.7 Å². The van der Waals surface area contributed by atoms with Gasteiger partial charge in [-0.2, -0.15) is 0 Å². The molecule has 0 aliphatic rings. The van der Waals surface area contributed by atoms with Crippen molar-refractivity contribution in [1.29, 1.82) is 0 Å². The minimum atomic E-state index is 0.894. The number of unbranched alkanes of at least 4 members (excludes halogenated alkanes) is 21. The van der Waals surface area contributed by atoms with Crippen LogP contribution >= 0.6 is 0 Å². The van der Waals surface area contributed by atoms with E-state index < -0.39 is 0 Å². The fourth-order valence-electron chi connectivity index (χ4n) is 4.17. The van der Waals surface area contributed by atoms with E-state index in [4.69, 9.17) is 6.58 Å². The molecule has 0 unspecified atom stereocenters. The topological polar surface area (TPSA) is 0 Å². The third kappa shape index (κ3) is 25.7. The van der Waals surface area contributed by atoms with Crippen LogP contribution in [0.15, 0.2) is 6.08 Å². The molecular formula is C28H55. The monoisotopic (exact) mass is 391 g/mol. The number of hydrogen-bond acceptors (Lipinski definition) is 0. The van der Waals surface area contributed by atoms with Crippen LogP contribution in [0.1, 0.15) is 162 Å². The standard InChI is InChI=1S/C28H55/c1-4-5-6-7-8-9-10-11-12-13-14-15-16-17-18-19-20-21-22-23-24-25-26-27-28(2)3/h1,4,28H,5-27H2,2-3H3. The molecule has 0 N–H and O–H groups in total. The molecule has 0 bridgehead atoms. The van der Waals surface area contributed by atoms with Crippen LogP contribution in [0.5, 0.6) is 0 Å². The smallest absolute Gasteiger partial charge is 0.0348 e. The molecule has 0 heteroatoms. The molecule has 167 valence electrons. The Morgan fingerprint density at radius 2 is 0.679 bits per heavy atom. The van der Waals surface area contributed by atoms with Gasteiger partial charge in [0, 0.05) is 0 Å². The molecule has 0 aromatic carbocycles. The van der Waals surface area contributed by atoms with Crippen molar-refractivity contribution in [3.8, 4) is 0 Å². The molecule has 0 atom stereocenters. The molecule has 0 saturated heterocycles. The summed E-state index contributed by atoms with van der Waals surface area (Å²) < 4.78 is 0. The molecule has 0 aliphatic heterocycles. The van der Waals surface area contributed by atoms with Crippen molar-refractivity contribution in [1.82, 2.24) is 0 Å². The maximum atomic E-state index is 5.40. The second-order valence-corrected chi connectivity index (χ2v) is 9.63. The third-order valence-electron chi connectivity index (χ3n) is 6.15. The van der Waals surface area contributed by atoms with Gasteiger partial charge in [-0.3, -0.25) is 0 Å². The lowest BCUT2D eigenvalue weighted by atomic mass is 10.0. The van der Waals surface area contributed by atoms with Crippen LogP contribution in [0.25, 0.3) is 0 Å². The quantitative estimate of drug-likeness (QED) is 0.143. The number of hydrogen-bond donors (Lipinski definition) is 0. The molecule has 0 rings (SSSR count). The summed E-state index contributed by atoms with van der Waals surface area (Å²) in [4.78, 5) is 0. The average molecular weight is 392 g/mol. The van der Waals surface area contributed by atoms with Crippen molar-refractivity contribution in [2.75, 3.05) is 0 Å². The fourth-order valence-corrected chi connectivity index (χ4v) is 4.17. The van der Waals surface area contributed by atoms with Crippen molar-refractivity contribution in [3.63, 3.8) is 0 Å². The maximum Gasteiger partial charge on any atom is -0.0348 e. The van der Waals surface area contributed by atoms with E-state index in [1.54, 1.807) is 6.08 Å². The highest BCUT2D eigenvalue weighted by Crippen LogP contribution is 2.16. The molecule has 0 saturated carbocycles. The SMILES string of the molecule is [CH]=CCCCCCCCCCCCCCCCCCCCCCCCC(C)C. The lowest BCUT2D eigenvalue weighted by Crippen LogP contribution is -1.87. The first-order chi connectivity index (χ1) is 13.8. The zero-order valence-electron chi connectivity index (χ0n) is 20.0. The molecule has 0 heterocycles. The van der Waals surface area contributed by atoms with E-state index in [0.29, 0.717) is 0 Å². The highest BCUT2D eigenvalue weighted by atomic mass is 14.0. The molecule has 0 nitrogen and oxygen atoms in total. The summed E-state index contributed by atoms with van der Waals surface area (Å²) in [6, 6.07) is 0. The summed E-state index contributed by atoms with van der Waals surface area (Å²) in [6.07, 6.45) is 34.9. The Labute approximate surface area is 180 Å². The summed E-state index contributed by atoms with van der Waals surface area (Å²) in [7, 11) is 0. The van der Waals surface area contributed by atoms with E-state index in [1.807, 2.05) is 0 Å². The summed E-state index contributed by atoms with van der Waals surface area (Å²) in [6.45, 7) is 10.1. The van der Waals surface area contributed by atoms with Gasteiger partial charge in [-0.25, -0.2) is 0 Å². The van der Waals surface area contributed by atoms with Gasteiger partial charge in [0.2, 0.25) is 0 Å². The summed E-state index contributed by atoms with van der Waals surface area (Å²) in [5, 5.41) is 0. The van der Waals surface area contributed by atoms with Crippen molar-refractivity contribution >= 4 is 0 Å². The van der Waals surface area contributed by atoms with Crippen LogP contribution in [0.3, 0.4) is 0 Å². The lowest BCUT2D eigenvalue weighted by molar-refractivity contribution is 0.500. The molecular weight excluding hydrogens is 336 g/mol. The minimum absolute atomic E-state index is 0.894. The first-order valence-electron chi connectivity index (χ1n) is 13.3. The van der Waals surface area contributed by atoms with Crippen molar-refractivity contribution < 1.29 is 0 Å². The van der Waals surface area contributed by atoms with Crippen LogP contribution in [0.4, 0.5) is 0 Å². The molecule has 0 spiro atoms. The highest BCUT2D eigenvalue weighted by molar-refractivity contribution is 4.61. The maximum absolute atomic E-state index is 5.40. The Morgan fingerprint density at radius 3 is 0.929 bits per heavy atom. The van der Waals surface area contributed by atoms with Gasteiger partial charge in [0.15, 0.2) is 0 Å². The minimum Gasteiger partial charge on any atom is -0.0845 e. The van der Waals surface area contributed by atoms with Crippen LogP contribution in [0, 0.1) is 12.5 Å². The first kappa shape index (κ1) is 27.7. The van der Waals surface area contributed by atoms with Crippen molar-refractivity contribution in [2.45, 2.75) is 162 Å². The van der Waals surface area contributed by atoms with Gasteiger partial charge in [-0.05, 0) is 18.8 Å². The number of allylic oxidation sites excluding steroid dienone is 1. The Morgan fingerprint density at radius 1 is 0.429 bits per heavy atom. The Bertz CT molecular complexity index is 278. The Hall–Kier alpha value is -0.260. The van der Waals surface area contributed by atoms with Gasteiger partial charge in [0.1, 0.15) is 0 Å². The normalized spacial score (nSPS) is 11.4. The molecule has 0 aliphatic carbocycles. The van der Waals surface area contributed by atoms with Gasteiger partial charge < -0.3 is 0 Å². The van der Waals surface area contributed by atoms with Gasteiger partial charge >= 0.3 is 0 Å². The molecule has 0 aromatic rings. The second-order valence-electron chi connectivity index (χ2n) is 9.63. The summed E-state index contributed by atoms with van der Waals surface area (Å²) >= 11 is 0. The summed E-state index contributed by atoms with van der Waals surface area (Å²) in [5.41, 5.74) is 0. The average Bonchev–Trinajstić information content (AvgIpc) is 2.68. The van der Waals surface area contributed by atoms with Gasteiger partial charge in [-0.15, -0.1) is 0 Å². The van der Waals surface area contributed by atoms with E-state index >= 15 is 0 Å². The zero-order chi connectivity index (χ0) is 20.5. The van der Waals surface area contributed by atoms with Crippen LogP contribution in [-0.2, 0) is 0 Å². The van der Waals surface area contributed by atoms with Crippen LogP contribution in [-0.4, -0.2) is 0 Å². The van der Waals surface area contributed by atoms with Crippen LogP contribution in [0.2, 0.25) is 0 Å². The van der Waals surface area contributed by atoms with Crippen LogP contribution < -0.4 is 0 Å². The molecule has 0 fully saturated rings. The molecule has 1 radical (unpaired) electrons.